The monoisotopic (exact) mass is 529 g/mol. The lowest BCUT2D eigenvalue weighted by atomic mass is 10.2. The number of aromatic amines is 1. The quantitative estimate of drug-likeness (QED) is 0.206. The van der Waals surface area contributed by atoms with Crippen LogP contribution in [0.3, 0.4) is 0 Å². The van der Waals surface area contributed by atoms with Gasteiger partial charge in [0.05, 0.1) is 26.8 Å². The van der Waals surface area contributed by atoms with Crippen LogP contribution in [0.15, 0.2) is 121 Å². The molecule has 0 saturated carbocycles. The van der Waals surface area contributed by atoms with Gasteiger partial charge in [0.25, 0.3) is 0 Å². The van der Waals surface area contributed by atoms with Gasteiger partial charge in [-0.3, -0.25) is 4.57 Å². The van der Waals surface area contributed by atoms with Crippen LogP contribution in [0.5, 0.6) is 0 Å². The fraction of sp³-hybridized carbons (Fsp3) is 0. The number of fused-ring (bicyclic) bond motifs is 1. The third kappa shape index (κ3) is 5.47. The second-order valence-electron chi connectivity index (χ2n) is 8.16. The Labute approximate surface area is 219 Å². The molecule has 0 spiro atoms. The van der Waals surface area contributed by atoms with Crippen LogP contribution in [0.4, 0.5) is 5.69 Å². The Morgan fingerprint density at radius 1 is 0.722 bits per heavy atom. The van der Waals surface area contributed by atoms with Crippen molar-refractivity contribution in [1.82, 2.24) is 9.97 Å². The fourth-order valence-corrected chi connectivity index (χ4v) is 6.71. The van der Waals surface area contributed by atoms with Crippen LogP contribution in [0.2, 0.25) is 0 Å². The van der Waals surface area contributed by atoms with Crippen molar-refractivity contribution in [2.24, 2.45) is 0 Å². The van der Waals surface area contributed by atoms with Gasteiger partial charge in [-0.15, -0.1) is 0 Å². The Hall–Kier alpha value is -3.56. The number of para-hydroxylation sites is 3. The highest BCUT2D eigenvalue weighted by Gasteiger charge is 2.22. The van der Waals surface area contributed by atoms with Crippen molar-refractivity contribution in [3.63, 3.8) is 0 Å². The van der Waals surface area contributed by atoms with E-state index < -0.39 is 7.29 Å². The van der Waals surface area contributed by atoms with Gasteiger partial charge in [0.1, 0.15) is 5.82 Å². The number of hydrogen-bond donors (Lipinski definition) is 2. The molecule has 178 valence electrons. The molecule has 36 heavy (non-hydrogen) atoms. The standard InChI is InChI=1S/C29H22Cl2N3OP/c30-24(21-11-3-1-4-12-21)19-36(35,20-25(31)22-13-5-2-6-14-22)34-26-16-8-7-15-23(26)29-32-27-17-9-10-18-28(27)33-29/h1-20H,(H,32,33)(H,34,35)/b24-19-,25-20-. The number of rotatable bonds is 7. The molecule has 0 aliphatic rings. The number of H-pyrrole nitrogens is 1. The van der Waals surface area contributed by atoms with Gasteiger partial charge >= 0.3 is 0 Å². The van der Waals surface area contributed by atoms with Crippen molar-refractivity contribution in [2.75, 3.05) is 5.09 Å². The van der Waals surface area contributed by atoms with Crippen LogP contribution >= 0.6 is 30.5 Å². The minimum absolute atomic E-state index is 0.362. The fourth-order valence-electron chi connectivity index (χ4n) is 3.84. The number of nitrogens with one attached hydrogen (secondary N) is 2. The minimum atomic E-state index is -3.45. The number of imidazole rings is 1. The molecule has 0 aliphatic carbocycles. The maximum absolute atomic E-state index is 14.4. The average Bonchev–Trinajstić information content (AvgIpc) is 3.34. The van der Waals surface area contributed by atoms with Crippen LogP contribution in [0.1, 0.15) is 11.1 Å². The van der Waals surface area contributed by atoms with Crippen molar-refractivity contribution in [1.29, 1.82) is 0 Å². The molecule has 4 aromatic carbocycles. The second kappa shape index (κ2) is 10.6. The van der Waals surface area contributed by atoms with E-state index in [0.29, 0.717) is 21.6 Å². The van der Waals surface area contributed by atoms with E-state index in [1.807, 2.05) is 109 Å². The normalized spacial score (nSPS) is 12.6. The van der Waals surface area contributed by atoms with Gasteiger partial charge in [-0.25, -0.2) is 4.98 Å². The largest absolute Gasteiger partial charge is 0.338 e. The predicted molar refractivity (Wildman–Crippen MR) is 153 cm³/mol. The third-order valence-electron chi connectivity index (χ3n) is 5.58. The summed E-state index contributed by atoms with van der Waals surface area (Å²) in [7, 11) is -3.45. The first kappa shape index (κ1) is 24.1. The van der Waals surface area contributed by atoms with E-state index in [9.17, 15) is 4.57 Å². The number of hydrogen-bond acceptors (Lipinski definition) is 2. The van der Waals surface area contributed by atoms with Gasteiger partial charge in [0.15, 0.2) is 0 Å². The summed E-state index contributed by atoms with van der Waals surface area (Å²) >= 11 is 13.3. The maximum Gasteiger partial charge on any atom is 0.216 e. The highest BCUT2D eigenvalue weighted by molar-refractivity contribution is 7.72. The van der Waals surface area contributed by atoms with E-state index in [-0.39, 0.29) is 0 Å². The Balaban J connectivity index is 1.60. The third-order valence-corrected chi connectivity index (χ3v) is 8.41. The smallest absolute Gasteiger partial charge is 0.216 e. The molecule has 0 radical (unpaired) electrons. The van der Waals surface area contributed by atoms with Crippen LogP contribution in [0.25, 0.3) is 32.5 Å². The van der Waals surface area contributed by atoms with E-state index >= 15 is 0 Å². The molecule has 2 N–H and O–H groups in total. The van der Waals surface area contributed by atoms with E-state index in [1.165, 1.54) is 0 Å². The van der Waals surface area contributed by atoms with Gasteiger partial charge in [0.2, 0.25) is 7.29 Å². The van der Waals surface area contributed by atoms with E-state index in [2.05, 4.69) is 10.1 Å². The Morgan fingerprint density at radius 2 is 1.25 bits per heavy atom. The van der Waals surface area contributed by atoms with Gasteiger partial charge in [-0.05, 0) is 35.4 Å². The molecule has 0 aliphatic heterocycles. The van der Waals surface area contributed by atoms with Crippen molar-refractivity contribution in [3.8, 4) is 11.4 Å². The lowest BCUT2D eigenvalue weighted by Crippen LogP contribution is -1.97. The van der Waals surface area contributed by atoms with Crippen molar-refractivity contribution in [2.45, 2.75) is 0 Å². The topological polar surface area (TPSA) is 57.8 Å². The summed E-state index contributed by atoms with van der Waals surface area (Å²) in [5, 5.41) is 3.97. The van der Waals surface area contributed by atoms with E-state index in [0.717, 1.165) is 27.7 Å². The first-order chi connectivity index (χ1) is 17.5. The van der Waals surface area contributed by atoms with Crippen LogP contribution in [-0.2, 0) is 4.57 Å². The molecule has 5 rings (SSSR count). The van der Waals surface area contributed by atoms with Crippen LogP contribution < -0.4 is 5.09 Å². The minimum Gasteiger partial charge on any atom is -0.338 e. The molecule has 0 unspecified atom stereocenters. The molecule has 0 fully saturated rings. The van der Waals surface area contributed by atoms with Crippen molar-refractivity contribution < 1.29 is 4.57 Å². The number of benzene rings is 4. The summed E-state index contributed by atoms with van der Waals surface area (Å²) in [5.74, 6) is 3.76. The van der Waals surface area contributed by atoms with Crippen LogP contribution in [-0.4, -0.2) is 9.97 Å². The highest BCUT2D eigenvalue weighted by atomic mass is 35.5. The summed E-state index contributed by atoms with van der Waals surface area (Å²) in [6.07, 6.45) is 0. The summed E-state index contributed by atoms with van der Waals surface area (Å²) in [6.45, 7) is 0. The zero-order valence-electron chi connectivity index (χ0n) is 19.1. The van der Waals surface area contributed by atoms with Crippen LogP contribution in [0, 0.1) is 0 Å². The van der Waals surface area contributed by atoms with Crippen molar-refractivity contribution >= 4 is 57.3 Å². The number of halogens is 2. The molecule has 1 heterocycles. The molecular formula is C29H22Cl2N3OP. The van der Waals surface area contributed by atoms with Gasteiger partial charge in [-0.2, -0.15) is 0 Å². The molecule has 4 nitrogen and oxygen atoms in total. The lowest BCUT2D eigenvalue weighted by Gasteiger charge is -2.18. The summed E-state index contributed by atoms with van der Waals surface area (Å²) in [5.41, 5.74) is 4.71. The lowest BCUT2D eigenvalue weighted by molar-refractivity contribution is 0.589. The predicted octanol–water partition coefficient (Wildman–Crippen LogP) is 9.39. The molecule has 0 amide bonds. The molecule has 0 atom stereocenters. The summed E-state index contributed by atoms with van der Waals surface area (Å²) < 4.78 is 14.4. The summed E-state index contributed by atoms with van der Waals surface area (Å²) in [4.78, 5) is 8.07. The number of nitrogens with zero attached hydrogens (tertiary/aromatic N) is 1. The Morgan fingerprint density at radius 3 is 1.86 bits per heavy atom. The first-order valence-electron chi connectivity index (χ1n) is 11.3. The molecular weight excluding hydrogens is 508 g/mol. The van der Waals surface area contributed by atoms with Gasteiger partial charge < -0.3 is 10.1 Å². The van der Waals surface area contributed by atoms with E-state index in [1.54, 1.807) is 11.6 Å². The molecule has 7 heteroatoms. The highest BCUT2D eigenvalue weighted by Crippen LogP contribution is 2.54. The molecule has 5 aromatic rings. The number of anilines is 1. The molecule has 0 saturated heterocycles. The zero-order chi connectivity index (χ0) is 25.0. The Kier molecular flexibility index (Phi) is 7.11. The van der Waals surface area contributed by atoms with Crippen molar-refractivity contribution in [3.05, 3.63) is 132 Å². The van der Waals surface area contributed by atoms with E-state index in [4.69, 9.17) is 28.2 Å². The average molecular weight is 530 g/mol. The Bertz CT molecular complexity index is 1520. The second-order valence-corrected chi connectivity index (χ2v) is 11.1. The van der Waals surface area contributed by atoms with Gasteiger partial charge in [-0.1, -0.05) is 108 Å². The number of aromatic nitrogens is 2. The SMILES string of the molecule is O=P(/C=C(\Cl)c1ccccc1)(/C=C(\Cl)c1ccccc1)Nc1ccccc1-c1nc2ccccc2[nH]1. The maximum atomic E-state index is 14.4. The first-order valence-corrected chi connectivity index (χ1v) is 13.9. The molecule has 1 aromatic heterocycles. The van der Waals surface area contributed by atoms with Gasteiger partial charge in [0, 0.05) is 17.2 Å². The molecule has 0 bridgehead atoms. The summed E-state index contributed by atoms with van der Waals surface area (Å²) in [6, 6.07) is 34.2. The zero-order valence-corrected chi connectivity index (χ0v) is 21.5.